The maximum absolute atomic E-state index is 12.1. The maximum Gasteiger partial charge on any atom is 0.237 e. The molecule has 0 aliphatic carbocycles. The number of hydrogen-bond donors (Lipinski definition) is 0. The van der Waals surface area contributed by atoms with Crippen molar-refractivity contribution in [1.29, 1.82) is 0 Å². The van der Waals surface area contributed by atoms with E-state index < -0.39 is 21.5 Å². The van der Waals surface area contributed by atoms with Crippen LogP contribution in [-0.2, 0) is 25.2 Å². The van der Waals surface area contributed by atoms with Gasteiger partial charge >= 0.3 is 0 Å². The van der Waals surface area contributed by atoms with Crippen LogP contribution in [0.3, 0.4) is 0 Å². The Kier molecular flexibility index (Phi) is 5.00. The van der Waals surface area contributed by atoms with Gasteiger partial charge in [0.1, 0.15) is 11.5 Å². The molecule has 1 aliphatic rings. The number of piperidine rings is 1. The van der Waals surface area contributed by atoms with E-state index in [1.165, 1.54) is 4.90 Å². The molecule has 0 spiro atoms. The van der Waals surface area contributed by atoms with Gasteiger partial charge in [-0.05, 0) is 17.7 Å². The second-order valence-corrected chi connectivity index (χ2v) is 7.58. The third kappa shape index (κ3) is 4.82. The molecule has 7 heteroatoms. The predicted molar refractivity (Wildman–Crippen MR) is 79.8 cm³/mol. The minimum absolute atomic E-state index is 0.114. The average molecular weight is 330 g/mol. The van der Waals surface area contributed by atoms with Crippen molar-refractivity contribution in [2.45, 2.75) is 18.6 Å². The second kappa shape index (κ2) is 6.58. The number of sulfone groups is 1. The van der Waals surface area contributed by atoms with Crippen LogP contribution in [0.25, 0.3) is 0 Å². The minimum Gasteiger partial charge on any atom is -0.341 e. The lowest BCUT2D eigenvalue weighted by Crippen LogP contribution is -2.41. The molecule has 1 aliphatic heterocycles. The highest BCUT2D eigenvalue weighted by Crippen LogP contribution is 2.13. The molecule has 114 valence electrons. The van der Waals surface area contributed by atoms with Crippen LogP contribution >= 0.6 is 11.6 Å². The Labute approximate surface area is 128 Å². The first-order valence-corrected chi connectivity index (χ1v) is 8.80. The van der Waals surface area contributed by atoms with Gasteiger partial charge in [0.05, 0.1) is 5.75 Å². The molecule has 0 saturated carbocycles. The zero-order valence-corrected chi connectivity index (χ0v) is 13.0. The molecule has 1 fully saturated rings. The lowest BCUT2D eigenvalue weighted by atomic mass is 10.1. The number of carbonyl (C=O) groups is 2. The minimum atomic E-state index is -3.53. The second-order valence-electron chi connectivity index (χ2n) is 5.08. The first kappa shape index (κ1) is 16.0. The van der Waals surface area contributed by atoms with Crippen molar-refractivity contribution in [2.24, 2.45) is 0 Å². The van der Waals surface area contributed by atoms with Gasteiger partial charge < -0.3 is 4.90 Å². The molecule has 0 bridgehead atoms. The number of ketones is 1. The van der Waals surface area contributed by atoms with Gasteiger partial charge in [0.15, 0.2) is 9.84 Å². The summed E-state index contributed by atoms with van der Waals surface area (Å²) in [6.07, 6.45) is 0.617. The lowest BCUT2D eigenvalue weighted by Gasteiger charge is -2.25. The van der Waals surface area contributed by atoms with Crippen LogP contribution in [0.4, 0.5) is 0 Å². The van der Waals surface area contributed by atoms with Gasteiger partial charge in [-0.2, -0.15) is 0 Å². The number of Topliss-reactive ketones (excluding diaryl/α,β-unsaturated/α-hetero) is 1. The third-order valence-corrected chi connectivity index (χ3v) is 5.03. The van der Waals surface area contributed by atoms with Crippen molar-refractivity contribution in [2.75, 3.05) is 18.8 Å². The fourth-order valence-corrected chi connectivity index (χ4v) is 3.66. The summed E-state index contributed by atoms with van der Waals surface area (Å²) in [5.41, 5.74) is 0.598. The SMILES string of the molecule is O=C1CCN(C(=O)CS(=O)(=O)Cc2ccc(Cl)cc2)CC1. The standard InChI is InChI=1S/C14H16ClNO4S/c15-12-3-1-11(2-4-12)9-21(19,20)10-14(18)16-7-5-13(17)6-8-16/h1-4H,5-10H2. The fraction of sp³-hybridized carbons (Fsp3) is 0.429. The predicted octanol–water partition coefficient (Wildman–Crippen LogP) is 1.45. The summed E-state index contributed by atoms with van der Waals surface area (Å²) in [7, 11) is -3.53. The summed E-state index contributed by atoms with van der Waals surface area (Å²) in [5.74, 6) is -1.04. The van der Waals surface area contributed by atoms with E-state index in [1.807, 2.05) is 0 Å². The van der Waals surface area contributed by atoms with Gasteiger partial charge in [-0.15, -0.1) is 0 Å². The number of nitrogens with zero attached hydrogens (tertiary/aromatic N) is 1. The highest BCUT2D eigenvalue weighted by molar-refractivity contribution is 7.91. The number of hydrogen-bond acceptors (Lipinski definition) is 4. The van der Waals surface area contributed by atoms with Crippen LogP contribution in [0.1, 0.15) is 18.4 Å². The molecule has 0 atom stereocenters. The molecule has 1 aromatic rings. The Bertz CT molecular complexity index is 629. The molecular formula is C14H16ClNO4S. The Morgan fingerprint density at radius 2 is 1.71 bits per heavy atom. The normalized spacial score (nSPS) is 16.0. The van der Waals surface area contributed by atoms with Crippen molar-refractivity contribution in [3.63, 3.8) is 0 Å². The summed E-state index contributed by atoms with van der Waals surface area (Å²) in [6, 6.07) is 6.49. The number of halogens is 1. The third-order valence-electron chi connectivity index (χ3n) is 3.32. The molecule has 1 amide bonds. The average Bonchev–Trinajstić information content (AvgIpc) is 2.41. The van der Waals surface area contributed by atoms with Crippen LogP contribution in [0, 0.1) is 0 Å². The van der Waals surface area contributed by atoms with Crippen LogP contribution in [0.2, 0.25) is 5.02 Å². The molecule has 0 aromatic heterocycles. The van der Waals surface area contributed by atoms with E-state index in [4.69, 9.17) is 11.6 Å². The highest BCUT2D eigenvalue weighted by atomic mass is 35.5. The topological polar surface area (TPSA) is 71.5 Å². The van der Waals surface area contributed by atoms with Crippen molar-refractivity contribution < 1.29 is 18.0 Å². The molecule has 2 rings (SSSR count). The summed E-state index contributed by atoms with van der Waals surface area (Å²) in [4.78, 5) is 24.5. The Hall–Kier alpha value is -1.40. The number of benzene rings is 1. The van der Waals surface area contributed by atoms with Crippen molar-refractivity contribution >= 4 is 33.1 Å². The van der Waals surface area contributed by atoms with Gasteiger partial charge in [-0.1, -0.05) is 23.7 Å². The van der Waals surface area contributed by atoms with E-state index in [1.54, 1.807) is 24.3 Å². The Balaban J connectivity index is 1.95. The van der Waals surface area contributed by atoms with Crippen molar-refractivity contribution in [1.82, 2.24) is 4.90 Å². The van der Waals surface area contributed by atoms with E-state index >= 15 is 0 Å². The smallest absolute Gasteiger partial charge is 0.237 e. The van der Waals surface area contributed by atoms with Gasteiger partial charge in [0, 0.05) is 31.0 Å². The number of likely N-dealkylation sites (tertiary alicyclic amines) is 1. The van der Waals surface area contributed by atoms with Gasteiger partial charge in [0.2, 0.25) is 5.91 Å². The monoisotopic (exact) mass is 329 g/mol. The van der Waals surface area contributed by atoms with Crippen molar-refractivity contribution in [3.8, 4) is 0 Å². The molecule has 5 nitrogen and oxygen atoms in total. The van der Waals surface area contributed by atoms with Crippen molar-refractivity contribution in [3.05, 3.63) is 34.9 Å². The highest BCUT2D eigenvalue weighted by Gasteiger charge is 2.25. The molecule has 1 aromatic carbocycles. The summed E-state index contributed by atoms with van der Waals surface area (Å²) in [6.45, 7) is 0.627. The number of rotatable bonds is 4. The molecule has 0 N–H and O–H groups in total. The van der Waals surface area contributed by atoms with Gasteiger partial charge in [0.25, 0.3) is 0 Å². The van der Waals surface area contributed by atoms with E-state index in [9.17, 15) is 18.0 Å². The van der Waals surface area contributed by atoms with Crippen LogP contribution in [-0.4, -0.2) is 43.9 Å². The van der Waals surface area contributed by atoms with E-state index in [-0.39, 0.29) is 11.5 Å². The Morgan fingerprint density at radius 1 is 1.14 bits per heavy atom. The molecule has 1 heterocycles. The maximum atomic E-state index is 12.1. The van der Waals surface area contributed by atoms with E-state index in [0.29, 0.717) is 36.5 Å². The van der Waals surface area contributed by atoms with E-state index in [2.05, 4.69) is 0 Å². The Morgan fingerprint density at radius 3 is 2.29 bits per heavy atom. The quantitative estimate of drug-likeness (QED) is 0.838. The zero-order chi connectivity index (χ0) is 15.5. The molecule has 0 unspecified atom stereocenters. The van der Waals surface area contributed by atoms with Gasteiger partial charge in [-0.3, -0.25) is 9.59 Å². The summed E-state index contributed by atoms with van der Waals surface area (Å²) in [5, 5.41) is 0.533. The first-order valence-electron chi connectivity index (χ1n) is 6.60. The lowest BCUT2D eigenvalue weighted by molar-refractivity contribution is -0.132. The zero-order valence-electron chi connectivity index (χ0n) is 11.4. The summed E-state index contributed by atoms with van der Waals surface area (Å²) >= 11 is 5.74. The van der Waals surface area contributed by atoms with Crippen LogP contribution < -0.4 is 0 Å². The number of carbonyl (C=O) groups excluding carboxylic acids is 2. The fourth-order valence-electron chi connectivity index (χ4n) is 2.17. The molecule has 21 heavy (non-hydrogen) atoms. The molecule has 1 saturated heterocycles. The largest absolute Gasteiger partial charge is 0.341 e. The van der Waals surface area contributed by atoms with Crippen LogP contribution in [0.15, 0.2) is 24.3 Å². The van der Waals surface area contributed by atoms with Crippen LogP contribution in [0.5, 0.6) is 0 Å². The molecule has 0 radical (unpaired) electrons. The number of amides is 1. The van der Waals surface area contributed by atoms with Gasteiger partial charge in [-0.25, -0.2) is 8.42 Å². The first-order chi connectivity index (χ1) is 9.85. The summed E-state index contributed by atoms with van der Waals surface area (Å²) < 4.78 is 24.1. The van der Waals surface area contributed by atoms with E-state index in [0.717, 1.165) is 0 Å². The molecular weight excluding hydrogens is 314 g/mol.